The molecule has 0 radical (unpaired) electrons. The van der Waals surface area contributed by atoms with E-state index in [1.54, 1.807) is 24.4 Å². The van der Waals surface area contributed by atoms with E-state index in [1.807, 2.05) is 6.07 Å². The summed E-state index contributed by atoms with van der Waals surface area (Å²) in [5.41, 5.74) is -0.828. The van der Waals surface area contributed by atoms with Crippen molar-refractivity contribution < 1.29 is 18.4 Å². The molecule has 3 rings (SSSR count). The van der Waals surface area contributed by atoms with Gasteiger partial charge in [0.25, 0.3) is 17.3 Å². The second kappa shape index (κ2) is 5.55. The van der Waals surface area contributed by atoms with Gasteiger partial charge in [0.1, 0.15) is 0 Å². The van der Waals surface area contributed by atoms with Crippen molar-refractivity contribution in [2.45, 2.75) is 18.4 Å². The summed E-state index contributed by atoms with van der Waals surface area (Å²) in [5.74, 6) is 0. The molecule has 4 nitrogen and oxygen atoms in total. The third-order valence-electron chi connectivity index (χ3n) is 3.42. The lowest BCUT2D eigenvalue weighted by molar-refractivity contribution is -0.154. The van der Waals surface area contributed by atoms with Gasteiger partial charge in [-0.15, -0.1) is 0 Å². The van der Waals surface area contributed by atoms with E-state index in [9.17, 15) is 13.6 Å². The lowest BCUT2D eigenvalue weighted by atomic mass is 9.95. The molecular weight excluding hydrogens is 382 g/mol. The second-order valence-corrected chi connectivity index (χ2v) is 6.09. The Hall–Kier alpha value is -1.60. The van der Waals surface area contributed by atoms with E-state index in [0.29, 0.717) is 5.56 Å². The zero-order valence-electron chi connectivity index (χ0n) is 10.9. The summed E-state index contributed by atoms with van der Waals surface area (Å²) in [6.45, 7) is 0. The summed E-state index contributed by atoms with van der Waals surface area (Å²) in [7, 11) is 0. The van der Waals surface area contributed by atoms with Crippen LogP contribution in [0.2, 0.25) is 0 Å². The Morgan fingerprint density at radius 1 is 1.41 bits per heavy atom. The fraction of sp³-hybridized carbons (Fsp3) is 0.214. The molecule has 2 aromatic rings. The predicted octanol–water partition coefficient (Wildman–Crippen LogP) is 3.89. The quantitative estimate of drug-likeness (QED) is 0.748. The number of halogens is 4. The molecule has 8 heteroatoms. The number of carbonyl (C=O) groups excluding carboxylic acids is 1. The average molecular weight is 390 g/mol. The maximum atomic E-state index is 13.1. The van der Waals surface area contributed by atoms with Gasteiger partial charge in [-0.2, -0.15) is 0 Å². The van der Waals surface area contributed by atoms with Crippen LogP contribution in [0.4, 0.5) is 8.78 Å². The first-order valence-electron chi connectivity index (χ1n) is 6.21. The zero-order valence-corrected chi connectivity index (χ0v) is 13.2. The van der Waals surface area contributed by atoms with E-state index in [2.05, 4.69) is 26.1 Å². The average Bonchev–Trinajstić information content (AvgIpc) is 2.93. The summed E-state index contributed by atoms with van der Waals surface area (Å²) in [4.78, 5) is 20.2. The molecule has 0 aliphatic carbocycles. The van der Waals surface area contributed by atoms with Crippen LogP contribution in [0, 0.1) is 0 Å². The Kier molecular flexibility index (Phi) is 3.86. The molecule has 22 heavy (non-hydrogen) atoms. The van der Waals surface area contributed by atoms with Crippen LogP contribution in [-0.2, 0) is 9.63 Å². The van der Waals surface area contributed by atoms with Crippen LogP contribution in [0.5, 0.6) is 0 Å². The molecule has 1 atom stereocenters. The van der Waals surface area contributed by atoms with Crippen LogP contribution >= 0.6 is 27.5 Å². The number of hydrogen-bond acceptors (Lipinski definition) is 4. The molecule has 2 heterocycles. The summed E-state index contributed by atoms with van der Waals surface area (Å²) in [6.07, 6.45) is -1.78. The largest absolute Gasteiger partial charge is 0.373 e. The van der Waals surface area contributed by atoms with Crippen LogP contribution in [0.15, 0.2) is 40.1 Å². The molecule has 0 N–H and O–H groups in total. The molecule has 1 unspecified atom stereocenters. The van der Waals surface area contributed by atoms with E-state index < -0.39 is 17.3 Å². The van der Waals surface area contributed by atoms with Crippen LogP contribution in [0.25, 0.3) is 10.9 Å². The fourth-order valence-electron chi connectivity index (χ4n) is 2.20. The monoisotopic (exact) mass is 388 g/mol. The molecule has 0 fully saturated rings. The number of alkyl halides is 2. The van der Waals surface area contributed by atoms with Gasteiger partial charge in [-0.25, -0.2) is 8.78 Å². The maximum Gasteiger partial charge on any atom is 0.289 e. The van der Waals surface area contributed by atoms with Crippen LogP contribution in [0.3, 0.4) is 0 Å². The number of hydrogen-bond donors (Lipinski definition) is 0. The lowest BCUT2D eigenvalue weighted by Crippen LogP contribution is -2.43. The molecule has 0 saturated heterocycles. The minimum absolute atomic E-state index is 0.246. The van der Waals surface area contributed by atoms with Gasteiger partial charge in [0.15, 0.2) is 0 Å². The van der Waals surface area contributed by atoms with Crippen molar-refractivity contribution in [2.75, 3.05) is 0 Å². The summed E-state index contributed by atoms with van der Waals surface area (Å²) < 4.78 is 27.0. The summed E-state index contributed by atoms with van der Waals surface area (Å²) in [6, 6.07) is 7.01. The second-order valence-electron chi connectivity index (χ2n) is 4.83. The van der Waals surface area contributed by atoms with Gasteiger partial charge in [0.2, 0.25) is 0 Å². The van der Waals surface area contributed by atoms with Gasteiger partial charge in [-0.3, -0.25) is 9.78 Å². The highest BCUT2D eigenvalue weighted by Gasteiger charge is 2.54. The topological polar surface area (TPSA) is 51.5 Å². The molecule has 0 bridgehead atoms. The van der Waals surface area contributed by atoms with E-state index in [4.69, 9.17) is 16.4 Å². The summed E-state index contributed by atoms with van der Waals surface area (Å²) in [5, 5.41) is 3.18. The van der Waals surface area contributed by atoms with E-state index >= 15 is 0 Å². The van der Waals surface area contributed by atoms with Crippen molar-refractivity contribution in [3.8, 4) is 0 Å². The van der Waals surface area contributed by atoms with Crippen molar-refractivity contribution in [2.24, 2.45) is 5.16 Å². The van der Waals surface area contributed by atoms with Crippen molar-refractivity contribution in [3.05, 3.63) is 40.5 Å². The van der Waals surface area contributed by atoms with Gasteiger partial charge in [-0.1, -0.05) is 11.2 Å². The molecule has 1 aromatic heterocycles. The number of pyridine rings is 1. The fourth-order valence-corrected chi connectivity index (χ4v) is 2.73. The number of benzene rings is 1. The molecular formula is C14H8BrClF2N2O2. The van der Waals surface area contributed by atoms with Crippen LogP contribution < -0.4 is 0 Å². The SMILES string of the molecule is O=C(Cl)C1(C(F)F)CC(c2ccc3ncc(Br)cc3c2)=NO1. The Labute approximate surface area is 137 Å². The van der Waals surface area contributed by atoms with E-state index in [1.165, 1.54) is 0 Å². The van der Waals surface area contributed by atoms with Gasteiger partial charge >= 0.3 is 0 Å². The maximum absolute atomic E-state index is 13.1. The highest BCUT2D eigenvalue weighted by atomic mass is 79.9. The Morgan fingerprint density at radius 2 is 2.18 bits per heavy atom. The Balaban J connectivity index is 1.97. The normalized spacial score (nSPS) is 21.0. The van der Waals surface area contributed by atoms with Gasteiger partial charge in [-0.05, 0) is 45.7 Å². The highest BCUT2D eigenvalue weighted by Crippen LogP contribution is 2.35. The first-order chi connectivity index (χ1) is 10.4. The molecule has 114 valence electrons. The van der Waals surface area contributed by atoms with Crippen molar-refractivity contribution >= 4 is 49.4 Å². The molecule has 0 saturated carbocycles. The number of fused-ring (bicyclic) bond motifs is 1. The number of carbonyl (C=O) groups is 1. The van der Waals surface area contributed by atoms with E-state index in [-0.39, 0.29) is 12.1 Å². The minimum atomic E-state index is -3.06. The third kappa shape index (κ3) is 2.48. The predicted molar refractivity (Wildman–Crippen MR) is 81.3 cm³/mol. The van der Waals surface area contributed by atoms with Gasteiger partial charge in [0.05, 0.1) is 17.6 Å². The van der Waals surface area contributed by atoms with Crippen molar-refractivity contribution in [1.29, 1.82) is 0 Å². The van der Waals surface area contributed by atoms with E-state index in [0.717, 1.165) is 15.4 Å². The van der Waals surface area contributed by atoms with Crippen LogP contribution in [0.1, 0.15) is 12.0 Å². The molecule has 0 amide bonds. The van der Waals surface area contributed by atoms with Gasteiger partial charge < -0.3 is 4.84 Å². The number of rotatable bonds is 3. The standard InChI is InChI=1S/C14H8BrClF2N2O2/c15-9-4-8-3-7(1-2-10(8)19-6-9)11-5-14(12(16)21,13(17)18)22-20-11/h1-4,6,13H,5H2. The molecule has 0 spiro atoms. The highest BCUT2D eigenvalue weighted by molar-refractivity contribution is 9.10. The summed E-state index contributed by atoms with van der Waals surface area (Å²) >= 11 is 8.59. The molecule has 1 aliphatic rings. The third-order valence-corrected chi connectivity index (χ3v) is 4.17. The Bertz CT molecular complexity index is 800. The number of oxime groups is 1. The zero-order chi connectivity index (χ0) is 15.9. The first kappa shape index (κ1) is 15.3. The number of nitrogens with zero attached hydrogens (tertiary/aromatic N) is 2. The van der Waals surface area contributed by atoms with Crippen LogP contribution in [-0.4, -0.2) is 28.0 Å². The lowest BCUT2D eigenvalue weighted by Gasteiger charge is -2.20. The van der Waals surface area contributed by atoms with Crippen molar-refractivity contribution in [1.82, 2.24) is 4.98 Å². The van der Waals surface area contributed by atoms with Crippen molar-refractivity contribution in [3.63, 3.8) is 0 Å². The smallest absolute Gasteiger partial charge is 0.289 e. The Morgan fingerprint density at radius 3 is 2.82 bits per heavy atom. The first-order valence-corrected chi connectivity index (χ1v) is 7.38. The molecule has 1 aliphatic heterocycles. The van der Waals surface area contributed by atoms with Gasteiger partial charge in [0, 0.05) is 21.6 Å². The number of aromatic nitrogens is 1. The minimum Gasteiger partial charge on any atom is -0.373 e. The molecule has 1 aromatic carbocycles.